The second-order valence-electron chi connectivity index (χ2n) is 3.79. The zero-order chi connectivity index (χ0) is 13.1. The van der Waals surface area contributed by atoms with Crippen molar-refractivity contribution in [3.8, 4) is 0 Å². The van der Waals surface area contributed by atoms with Crippen molar-refractivity contribution in [3.05, 3.63) is 49.3 Å². The molecule has 0 unspecified atom stereocenters. The van der Waals surface area contributed by atoms with E-state index in [-0.39, 0.29) is 10.6 Å². The number of halogens is 1. The van der Waals surface area contributed by atoms with Gasteiger partial charge < -0.3 is 5.32 Å². The molecule has 0 saturated heterocycles. The highest BCUT2D eigenvalue weighted by Gasteiger charge is 2.14. The van der Waals surface area contributed by atoms with Gasteiger partial charge in [0.15, 0.2) is 0 Å². The molecule has 1 aromatic carbocycles. The van der Waals surface area contributed by atoms with Gasteiger partial charge in [0.2, 0.25) is 0 Å². The molecule has 0 radical (unpaired) electrons. The molecule has 94 valence electrons. The van der Waals surface area contributed by atoms with Crippen molar-refractivity contribution in [2.75, 3.05) is 5.32 Å². The third-order valence-corrected chi connectivity index (χ3v) is 3.23. The van der Waals surface area contributed by atoms with E-state index in [1.165, 1.54) is 0 Å². The Balaban J connectivity index is 2.19. The van der Waals surface area contributed by atoms with E-state index in [1.54, 1.807) is 18.3 Å². The van der Waals surface area contributed by atoms with E-state index in [0.29, 0.717) is 12.2 Å². The Bertz CT molecular complexity index is 582. The molecule has 18 heavy (non-hydrogen) atoms. The first kappa shape index (κ1) is 12.8. The first-order valence-corrected chi connectivity index (χ1v) is 6.32. The number of nitro benzene ring substituents is 1. The summed E-state index contributed by atoms with van der Waals surface area (Å²) in [6.45, 7) is 2.41. The Hall–Kier alpha value is -1.64. The fourth-order valence-corrected chi connectivity index (χ4v) is 2.02. The number of aryl methyl sites for hydroxylation is 1. The number of nitro groups is 1. The number of hydrogen-bond donors (Lipinski definition) is 2. The van der Waals surface area contributed by atoms with Crippen LogP contribution in [0.3, 0.4) is 0 Å². The maximum Gasteiger partial charge on any atom is 0.293 e. The SMILES string of the molecule is Cc1[nH]ncc1CNc1ccc(I)cc1[N+](=O)[O-]. The average molecular weight is 358 g/mol. The number of aromatic amines is 1. The van der Waals surface area contributed by atoms with Gasteiger partial charge in [0, 0.05) is 27.4 Å². The minimum Gasteiger partial charge on any atom is -0.375 e. The van der Waals surface area contributed by atoms with Crippen LogP contribution in [0.4, 0.5) is 11.4 Å². The number of hydrogen-bond acceptors (Lipinski definition) is 4. The standard InChI is InChI=1S/C11H11IN4O2/c1-7-8(6-14-15-7)5-13-10-3-2-9(12)4-11(10)16(17)18/h2-4,6,13H,5H2,1H3,(H,14,15). The van der Waals surface area contributed by atoms with Gasteiger partial charge in [0.05, 0.1) is 11.1 Å². The Morgan fingerprint density at radius 3 is 2.94 bits per heavy atom. The molecule has 2 N–H and O–H groups in total. The molecule has 0 bridgehead atoms. The van der Waals surface area contributed by atoms with Crippen molar-refractivity contribution in [2.24, 2.45) is 0 Å². The third kappa shape index (κ3) is 2.78. The Labute approximate surface area is 117 Å². The van der Waals surface area contributed by atoms with Crippen LogP contribution >= 0.6 is 22.6 Å². The van der Waals surface area contributed by atoms with E-state index in [1.807, 2.05) is 13.0 Å². The first-order valence-electron chi connectivity index (χ1n) is 5.24. The highest BCUT2D eigenvalue weighted by atomic mass is 127. The normalized spacial score (nSPS) is 10.3. The number of rotatable bonds is 4. The van der Waals surface area contributed by atoms with Crippen molar-refractivity contribution >= 4 is 34.0 Å². The molecule has 0 aliphatic rings. The monoisotopic (exact) mass is 358 g/mol. The highest BCUT2D eigenvalue weighted by Crippen LogP contribution is 2.26. The molecule has 7 heteroatoms. The van der Waals surface area contributed by atoms with Crippen molar-refractivity contribution < 1.29 is 4.92 Å². The van der Waals surface area contributed by atoms with Crippen LogP contribution in [0.2, 0.25) is 0 Å². The summed E-state index contributed by atoms with van der Waals surface area (Å²) in [7, 11) is 0. The molecule has 0 aliphatic carbocycles. The van der Waals surface area contributed by atoms with Gasteiger partial charge in [-0.15, -0.1) is 0 Å². The summed E-state index contributed by atoms with van der Waals surface area (Å²) in [5.41, 5.74) is 2.54. The molecule has 2 aromatic rings. The number of nitrogens with zero attached hydrogens (tertiary/aromatic N) is 2. The Morgan fingerprint density at radius 1 is 1.56 bits per heavy atom. The van der Waals surface area contributed by atoms with Crippen molar-refractivity contribution in [3.63, 3.8) is 0 Å². The van der Waals surface area contributed by atoms with Gasteiger partial charge in [-0.2, -0.15) is 5.10 Å². The van der Waals surface area contributed by atoms with Gasteiger partial charge in [-0.1, -0.05) is 0 Å². The fourth-order valence-electron chi connectivity index (χ4n) is 1.55. The number of benzene rings is 1. The topological polar surface area (TPSA) is 83.8 Å². The van der Waals surface area contributed by atoms with Crippen LogP contribution < -0.4 is 5.32 Å². The fraction of sp³-hybridized carbons (Fsp3) is 0.182. The lowest BCUT2D eigenvalue weighted by molar-refractivity contribution is -0.384. The van der Waals surface area contributed by atoms with Gasteiger partial charge in [-0.25, -0.2) is 0 Å². The van der Waals surface area contributed by atoms with E-state index < -0.39 is 0 Å². The van der Waals surface area contributed by atoms with Crippen molar-refractivity contribution in [1.82, 2.24) is 10.2 Å². The highest BCUT2D eigenvalue weighted by molar-refractivity contribution is 14.1. The second-order valence-corrected chi connectivity index (χ2v) is 5.04. The van der Waals surface area contributed by atoms with Gasteiger partial charge in [-0.3, -0.25) is 15.2 Å². The maximum absolute atomic E-state index is 10.9. The Morgan fingerprint density at radius 2 is 2.33 bits per heavy atom. The lowest BCUT2D eigenvalue weighted by Gasteiger charge is -2.06. The first-order chi connectivity index (χ1) is 8.58. The lowest BCUT2D eigenvalue weighted by Crippen LogP contribution is -2.03. The van der Waals surface area contributed by atoms with Gasteiger partial charge in [0.25, 0.3) is 5.69 Å². The summed E-state index contributed by atoms with van der Waals surface area (Å²) in [4.78, 5) is 10.6. The second kappa shape index (κ2) is 5.34. The number of H-pyrrole nitrogens is 1. The minimum atomic E-state index is -0.382. The van der Waals surface area contributed by atoms with Crippen LogP contribution in [0.25, 0.3) is 0 Å². The van der Waals surface area contributed by atoms with E-state index in [0.717, 1.165) is 14.8 Å². The molecule has 0 atom stereocenters. The van der Waals surface area contributed by atoms with Crippen LogP contribution in [0, 0.1) is 20.6 Å². The zero-order valence-electron chi connectivity index (χ0n) is 9.61. The number of aromatic nitrogens is 2. The van der Waals surface area contributed by atoms with Gasteiger partial charge in [0.1, 0.15) is 5.69 Å². The van der Waals surface area contributed by atoms with Gasteiger partial charge >= 0.3 is 0 Å². The van der Waals surface area contributed by atoms with Gasteiger partial charge in [-0.05, 0) is 41.6 Å². The predicted molar refractivity (Wildman–Crippen MR) is 76.5 cm³/mol. The molecule has 0 saturated carbocycles. The van der Waals surface area contributed by atoms with E-state index in [9.17, 15) is 10.1 Å². The molecule has 1 aromatic heterocycles. The molecule has 0 spiro atoms. The predicted octanol–water partition coefficient (Wildman–Crippen LogP) is 2.84. The van der Waals surface area contributed by atoms with E-state index in [4.69, 9.17) is 0 Å². The van der Waals surface area contributed by atoms with Crippen LogP contribution in [0.15, 0.2) is 24.4 Å². The summed E-state index contributed by atoms with van der Waals surface area (Å²) in [5.74, 6) is 0. The molecule has 0 aliphatic heterocycles. The molecule has 6 nitrogen and oxygen atoms in total. The van der Waals surface area contributed by atoms with Crippen molar-refractivity contribution in [2.45, 2.75) is 13.5 Å². The van der Waals surface area contributed by atoms with E-state index >= 15 is 0 Å². The number of anilines is 1. The number of nitrogens with one attached hydrogen (secondary N) is 2. The molecule has 0 fully saturated rings. The maximum atomic E-state index is 10.9. The van der Waals surface area contributed by atoms with E-state index in [2.05, 4.69) is 38.1 Å². The van der Waals surface area contributed by atoms with Crippen LogP contribution in [0.1, 0.15) is 11.3 Å². The third-order valence-electron chi connectivity index (χ3n) is 2.56. The average Bonchev–Trinajstić information content (AvgIpc) is 2.73. The van der Waals surface area contributed by atoms with Crippen LogP contribution in [-0.2, 0) is 6.54 Å². The summed E-state index contributed by atoms with van der Waals surface area (Å²) in [6, 6.07) is 5.10. The molecular weight excluding hydrogens is 347 g/mol. The molecule has 0 amide bonds. The Kier molecular flexibility index (Phi) is 3.80. The quantitative estimate of drug-likeness (QED) is 0.500. The van der Waals surface area contributed by atoms with Crippen LogP contribution in [0.5, 0.6) is 0 Å². The molecular formula is C11H11IN4O2. The minimum absolute atomic E-state index is 0.0862. The molecule has 2 rings (SSSR count). The summed E-state index contributed by atoms with van der Waals surface area (Å²) < 4.78 is 0.837. The summed E-state index contributed by atoms with van der Waals surface area (Å²) in [6.07, 6.45) is 1.71. The largest absolute Gasteiger partial charge is 0.375 e. The summed E-state index contributed by atoms with van der Waals surface area (Å²) >= 11 is 2.05. The van der Waals surface area contributed by atoms with Crippen molar-refractivity contribution in [1.29, 1.82) is 0 Å². The molecule has 1 heterocycles. The zero-order valence-corrected chi connectivity index (χ0v) is 11.8. The smallest absolute Gasteiger partial charge is 0.293 e. The van der Waals surface area contributed by atoms with Crippen LogP contribution in [-0.4, -0.2) is 15.1 Å². The summed E-state index contributed by atoms with van der Waals surface area (Å²) in [5, 5.41) is 20.7. The lowest BCUT2D eigenvalue weighted by atomic mass is 10.2.